The smallest absolute Gasteiger partial charge is 0.301 e. The van der Waals surface area contributed by atoms with Gasteiger partial charge in [0.15, 0.2) is 5.16 Å². The highest BCUT2D eigenvalue weighted by atomic mass is 35.5. The Balaban J connectivity index is 0.00000220. The summed E-state index contributed by atoms with van der Waals surface area (Å²) in [7, 11) is 0. The monoisotopic (exact) mass is 337 g/mol. The number of H-pyrrole nitrogens is 1. The Labute approximate surface area is 128 Å². The summed E-state index contributed by atoms with van der Waals surface area (Å²) in [6.07, 6.45) is -2.15. The van der Waals surface area contributed by atoms with E-state index in [9.17, 15) is 18.0 Å². The zero-order chi connectivity index (χ0) is 14.8. The van der Waals surface area contributed by atoms with Crippen LogP contribution in [-0.2, 0) is 11.9 Å². The van der Waals surface area contributed by atoms with Crippen LogP contribution in [0.1, 0.15) is 16.8 Å². The molecule has 0 saturated heterocycles. The van der Waals surface area contributed by atoms with Crippen LogP contribution >= 0.6 is 24.2 Å². The molecule has 21 heavy (non-hydrogen) atoms. The van der Waals surface area contributed by atoms with Crippen LogP contribution in [0.5, 0.6) is 0 Å². The molecule has 0 spiro atoms. The van der Waals surface area contributed by atoms with Gasteiger partial charge in [0.1, 0.15) is 0 Å². The summed E-state index contributed by atoms with van der Waals surface area (Å²) < 4.78 is 38.4. The van der Waals surface area contributed by atoms with Crippen LogP contribution in [0, 0.1) is 6.92 Å². The topological polar surface area (TPSA) is 58.6 Å². The summed E-state index contributed by atoms with van der Waals surface area (Å²) >= 11 is 1.03. The van der Waals surface area contributed by atoms with Crippen molar-refractivity contribution >= 4 is 24.2 Å². The van der Waals surface area contributed by atoms with Crippen molar-refractivity contribution in [2.24, 2.45) is 0 Å². The van der Waals surface area contributed by atoms with Crippen LogP contribution in [0.3, 0.4) is 0 Å². The first-order chi connectivity index (χ1) is 9.36. The second kappa shape index (κ2) is 6.95. The molecular formula is C12H11ClF3N3OS. The van der Waals surface area contributed by atoms with E-state index < -0.39 is 11.7 Å². The average Bonchev–Trinajstić information content (AvgIpc) is 2.34. The van der Waals surface area contributed by atoms with Gasteiger partial charge in [-0.05, 0) is 18.6 Å². The van der Waals surface area contributed by atoms with Crippen LogP contribution in [0.2, 0.25) is 0 Å². The third-order valence-electron chi connectivity index (χ3n) is 2.42. The minimum atomic E-state index is -4.42. The predicted molar refractivity (Wildman–Crippen MR) is 75.6 cm³/mol. The van der Waals surface area contributed by atoms with Gasteiger partial charge < -0.3 is 4.98 Å². The van der Waals surface area contributed by atoms with Gasteiger partial charge in [-0.15, -0.1) is 12.4 Å². The molecule has 2 aromatic rings. The first kappa shape index (κ1) is 17.5. The molecular weight excluding hydrogens is 327 g/mol. The van der Waals surface area contributed by atoms with Crippen LogP contribution < -0.4 is 5.56 Å². The zero-order valence-electron chi connectivity index (χ0n) is 10.8. The van der Waals surface area contributed by atoms with Gasteiger partial charge in [0.2, 0.25) is 0 Å². The van der Waals surface area contributed by atoms with Gasteiger partial charge in [0.25, 0.3) is 5.56 Å². The highest BCUT2D eigenvalue weighted by Gasteiger charge is 2.33. The van der Waals surface area contributed by atoms with Gasteiger partial charge in [0, 0.05) is 29.9 Å². The second-order valence-corrected chi connectivity index (χ2v) is 4.98. The Morgan fingerprint density at radius 1 is 1.38 bits per heavy atom. The number of rotatable bonds is 3. The van der Waals surface area contributed by atoms with Crippen molar-refractivity contribution in [1.29, 1.82) is 0 Å². The molecule has 0 atom stereocenters. The van der Waals surface area contributed by atoms with E-state index in [1.807, 2.05) is 0 Å². The van der Waals surface area contributed by atoms with Gasteiger partial charge >= 0.3 is 6.18 Å². The molecule has 0 aliphatic carbocycles. The lowest BCUT2D eigenvalue weighted by Gasteiger charge is -2.11. The maximum atomic E-state index is 12.8. The third-order valence-corrected chi connectivity index (χ3v) is 3.34. The molecule has 114 valence electrons. The Hall–Kier alpha value is -1.54. The van der Waals surface area contributed by atoms with Crippen molar-refractivity contribution in [2.45, 2.75) is 24.0 Å². The summed E-state index contributed by atoms with van der Waals surface area (Å²) in [4.78, 5) is 21.5. The Morgan fingerprint density at radius 2 is 2.10 bits per heavy atom. The summed E-state index contributed by atoms with van der Waals surface area (Å²) in [5, 5.41) is 0.284. The summed E-state index contributed by atoms with van der Waals surface area (Å²) in [6.45, 7) is 1.64. The maximum Gasteiger partial charge on any atom is 0.416 e. The Bertz CT molecular complexity index is 675. The van der Waals surface area contributed by atoms with Crippen molar-refractivity contribution in [3.63, 3.8) is 0 Å². The normalized spacial score (nSPS) is 11.0. The molecule has 0 saturated carbocycles. The fourth-order valence-electron chi connectivity index (χ4n) is 1.58. The lowest BCUT2D eigenvalue weighted by Crippen LogP contribution is -2.10. The maximum absolute atomic E-state index is 12.8. The molecule has 2 heterocycles. The van der Waals surface area contributed by atoms with E-state index in [2.05, 4.69) is 15.0 Å². The van der Waals surface area contributed by atoms with Crippen molar-refractivity contribution < 1.29 is 13.2 Å². The fourth-order valence-corrected chi connectivity index (χ4v) is 2.49. The Morgan fingerprint density at radius 3 is 2.71 bits per heavy atom. The molecule has 0 amide bonds. The highest BCUT2D eigenvalue weighted by Crippen LogP contribution is 2.33. The number of nitrogens with one attached hydrogen (secondary N) is 1. The largest absolute Gasteiger partial charge is 0.416 e. The van der Waals surface area contributed by atoms with Gasteiger partial charge in [-0.25, -0.2) is 4.98 Å². The molecule has 0 bridgehead atoms. The zero-order valence-corrected chi connectivity index (χ0v) is 12.4. The molecule has 0 aliphatic rings. The number of pyridine rings is 1. The number of hydrogen-bond acceptors (Lipinski definition) is 4. The van der Waals surface area contributed by atoms with E-state index in [0.717, 1.165) is 24.0 Å². The molecule has 9 heteroatoms. The van der Waals surface area contributed by atoms with Crippen molar-refractivity contribution in [1.82, 2.24) is 15.0 Å². The van der Waals surface area contributed by atoms with Crippen LogP contribution in [-0.4, -0.2) is 15.0 Å². The number of nitrogens with zero attached hydrogens (tertiary/aromatic N) is 2. The number of aromatic nitrogens is 3. The van der Waals surface area contributed by atoms with Gasteiger partial charge in [-0.3, -0.25) is 9.78 Å². The molecule has 0 aliphatic heterocycles. The molecule has 0 unspecified atom stereocenters. The lowest BCUT2D eigenvalue weighted by molar-refractivity contribution is -0.138. The number of halogens is 4. The SMILES string of the molecule is Cc1cc(=O)[nH]c(SCc2cnccc2C(F)(F)F)n1.Cl. The van der Waals surface area contributed by atoms with Crippen molar-refractivity contribution in [3.8, 4) is 0 Å². The molecule has 0 fully saturated rings. The standard InChI is InChI=1S/C12H10F3N3OS.ClH/c1-7-4-10(19)18-11(17-7)20-6-8-5-16-3-2-9(8)12(13,14)15;/h2-5H,6H2,1H3,(H,17,18,19);1H. The number of aryl methyl sites for hydroxylation is 1. The first-order valence-electron chi connectivity index (χ1n) is 5.57. The fraction of sp³-hybridized carbons (Fsp3) is 0.250. The Kier molecular flexibility index (Phi) is 5.79. The van der Waals surface area contributed by atoms with Crippen LogP contribution in [0.25, 0.3) is 0 Å². The molecule has 0 aromatic carbocycles. The van der Waals surface area contributed by atoms with E-state index in [1.54, 1.807) is 6.92 Å². The molecule has 4 nitrogen and oxygen atoms in total. The molecule has 1 N–H and O–H groups in total. The molecule has 2 rings (SSSR count). The average molecular weight is 338 g/mol. The summed E-state index contributed by atoms with van der Waals surface area (Å²) in [5.41, 5.74) is -0.495. The van der Waals surface area contributed by atoms with Crippen LogP contribution in [0.4, 0.5) is 13.2 Å². The van der Waals surface area contributed by atoms with Crippen molar-refractivity contribution in [3.05, 3.63) is 51.7 Å². The van der Waals surface area contributed by atoms with Gasteiger partial charge in [-0.1, -0.05) is 11.8 Å². The molecule has 2 aromatic heterocycles. The number of alkyl halides is 3. The van der Waals surface area contributed by atoms with Gasteiger partial charge in [-0.2, -0.15) is 13.2 Å². The number of aromatic amines is 1. The van der Waals surface area contributed by atoms with E-state index in [1.165, 1.54) is 12.3 Å². The van der Waals surface area contributed by atoms with E-state index in [4.69, 9.17) is 0 Å². The first-order valence-corrected chi connectivity index (χ1v) is 6.55. The third kappa shape index (κ3) is 4.75. The van der Waals surface area contributed by atoms with Gasteiger partial charge in [0.05, 0.1) is 5.56 Å². The molecule has 0 radical (unpaired) electrons. The van der Waals surface area contributed by atoms with E-state index >= 15 is 0 Å². The summed E-state index contributed by atoms with van der Waals surface area (Å²) in [6, 6.07) is 2.25. The predicted octanol–water partition coefficient (Wildman–Crippen LogP) is 3.21. The highest BCUT2D eigenvalue weighted by molar-refractivity contribution is 7.98. The quantitative estimate of drug-likeness (QED) is 0.690. The van der Waals surface area contributed by atoms with E-state index in [-0.39, 0.29) is 34.4 Å². The van der Waals surface area contributed by atoms with E-state index in [0.29, 0.717) is 5.69 Å². The van der Waals surface area contributed by atoms with Crippen LogP contribution in [0.15, 0.2) is 34.5 Å². The summed E-state index contributed by atoms with van der Waals surface area (Å²) in [5.74, 6) is 0.0229. The lowest BCUT2D eigenvalue weighted by atomic mass is 10.1. The second-order valence-electron chi connectivity index (χ2n) is 4.01. The minimum Gasteiger partial charge on any atom is -0.301 e. The minimum absolute atomic E-state index is 0. The number of hydrogen-bond donors (Lipinski definition) is 1. The van der Waals surface area contributed by atoms with Crippen molar-refractivity contribution in [2.75, 3.05) is 0 Å². The number of thioether (sulfide) groups is 1.